The Balaban J connectivity index is 2.34. The molecule has 1 aliphatic rings. The molecule has 1 aliphatic carbocycles. The SMILES string of the molecule is CCC(C(=O)NCC1CCCC1)C(=O)OC. The van der Waals surface area contributed by atoms with Gasteiger partial charge < -0.3 is 10.1 Å². The molecule has 0 aromatic heterocycles. The average Bonchev–Trinajstić information content (AvgIpc) is 2.79. The molecule has 4 heteroatoms. The van der Waals surface area contributed by atoms with Crippen LogP contribution in [0.2, 0.25) is 0 Å². The van der Waals surface area contributed by atoms with Crippen molar-refractivity contribution in [2.75, 3.05) is 13.7 Å². The van der Waals surface area contributed by atoms with E-state index in [2.05, 4.69) is 10.1 Å². The van der Waals surface area contributed by atoms with Gasteiger partial charge in [-0.3, -0.25) is 9.59 Å². The maximum atomic E-state index is 11.7. The van der Waals surface area contributed by atoms with Crippen molar-refractivity contribution in [3.05, 3.63) is 0 Å². The standard InChI is InChI=1S/C12H21NO3/c1-3-10(12(15)16-2)11(14)13-8-9-6-4-5-7-9/h9-10H,3-8H2,1-2H3,(H,13,14). The van der Waals surface area contributed by atoms with Gasteiger partial charge in [0.25, 0.3) is 0 Å². The summed E-state index contributed by atoms with van der Waals surface area (Å²) in [4.78, 5) is 23.0. The third-order valence-corrected chi connectivity index (χ3v) is 3.25. The van der Waals surface area contributed by atoms with Gasteiger partial charge in [-0.2, -0.15) is 0 Å². The van der Waals surface area contributed by atoms with Crippen molar-refractivity contribution in [2.45, 2.75) is 39.0 Å². The molecule has 1 atom stereocenters. The van der Waals surface area contributed by atoms with Crippen LogP contribution in [-0.2, 0) is 14.3 Å². The Hall–Kier alpha value is -1.06. The van der Waals surface area contributed by atoms with E-state index < -0.39 is 11.9 Å². The van der Waals surface area contributed by atoms with E-state index in [9.17, 15) is 9.59 Å². The largest absolute Gasteiger partial charge is 0.468 e. The lowest BCUT2D eigenvalue weighted by atomic mass is 10.0. The van der Waals surface area contributed by atoms with E-state index in [0.29, 0.717) is 18.9 Å². The number of hydrogen-bond donors (Lipinski definition) is 1. The van der Waals surface area contributed by atoms with Crippen LogP contribution in [0.1, 0.15) is 39.0 Å². The van der Waals surface area contributed by atoms with Crippen molar-refractivity contribution >= 4 is 11.9 Å². The van der Waals surface area contributed by atoms with E-state index in [0.717, 1.165) is 0 Å². The van der Waals surface area contributed by atoms with E-state index >= 15 is 0 Å². The highest BCUT2D eigenvalue weighted by molar-refractivity contribution is 5.97. The van der Waals surface area contributed by atoms with Crippen LogP contribution < -0.4 is 5.32 Å². The molecule has 92 valence electrons. The van der Waals surface area contributed by atoms with E-state index in [-0.39, 0.29) is 5.91 Å². The third-order valence-electron chi connectivity index (χ3n) is 3.25. The zero-order valence-corrected chi connectivity index (χ0v) is 10.1. The number of carbonyl (C=O) groups excluding carboxylic acids is 2. The molecule has 16 heavy (non-hydrogen) atoms. The molecule has 1 unspecified atom stereocenters. The van der Waals surface area contributed by atoms with Crippen LogP contribution in [0.15, 0.2) is 0 Å². The zero-order chi connectivity index (χ0) is 12.0. The molecule has 4 nitrogen and oxygen atoms in total. The van der Waals surface area contributed by atoms with Crippen molar-refractivity contribution < 1.29 is 14.3 Å². The fourth-order valence-electron chi connectivity index (χ4n) is 2.18. The topological polar surface area (TPSA) is 55.4 Å². The second kappa shape index (κ2) is 6.51. The van der Waals surface area contributed by atoms with Crippen molar-refractivity contribution in [3.63, 3.8) is 0 Å². The average molecular weight is 227 g/mol. The van der Waals surface area contributed by atoms with Gasteiger partial charge in [-0.1, -0.05) is 19.8 Å². The van der Waals surface area contributed by atoms with Gasteiger partial charge in [0.1, 0.15) is 5.92 Å². The molecule has 1 saturated carbocycles. The number of methoxy groups -OCH3 is 1. The maximum Gasteiger partial charge on any atom is 0.318 e. The van der Waals surface area contributed by atoms with Gasteiger partial charge in [-0.25, -0.2) is 0 Å². The molecule has 0 bridgehead atoms. The summed E-state index contributed by atoms with van der Waals surface area (Å²) in [5.41, 5.74) is 0. The Morgan fingerprint density at radius 3 is 2.50 bits per heavy atom. The lowest BCUT2D eigenvalue weighted by Crippen LogP contribution is -2.37. The summed E-state index contributed by atoms with van der Waals surface area (Å²) in [5, 5.41) is 2.85. The number of esters is 1. The molecule has 0 radical (unpaired) electrons. The minimum absolute atomic E-state index is 0.193. The van der Waals surface area contributed by atoms with Gasteiger partial charge in [0.05, 0.1) is 7.11 Å². The summed E-state index contributed by atoms with van der Waals surface area (Å²) in [5.74, 6) is -0.682. The molecule has 1 rings (SSSR count). The minimum Gasteiger partial charge on any atom is -0.468 e. The molecule has 1 amide bonds. The molecule has 1 fully saturated rings. The Kier molecular flexibility index (Phi) is 5.29. The monoisotopic (exact) mass is 227 g/mol. The Bertz CT molecular complexity index is 247. The first-order valence-electron chi connectivity index (χ1n) is 6.04. The molecular weight excluding hydrogens is 206 g/mol. The number of hydrogen-bond acceptors (Lipinski definition) is 3. The Morgan fingerprint density at radius 2 is 2.00 bits per heavy atom. The number of nitrogens with one attached hydrogen (secondary N) is 1. The van der Waals surface area contributed by atoms with Gasteiger partial charge >= 0.3 is 5.97 Å². The first kappa shape index (κ1) is 13.0. The summed E-state index contributed by atoms with van der Waals surface area (Å²) in [6.07, 6.45) is 5.39. The number of carbonyl (C=O) groups is 2. The fraction of sp³-hybridized carbons (Fsp3) is 0.833. The van der Waals surface area contributed by atoms with Crippen molar-refractivity contribution in [1.82, 2.24) is 5.32 Å². The van der Waals surface area contributed by atoms with Crippen LogP contribution >= 0.6 is 0 Å². The molecule has 0 heterocycles. The van der Waals surface area contributed by atoms with Crippen molar-refractivity contribution in [1.29, 1.82) is 0 Å². The van der Waals surface area contributed by atoms with Crippen LogP contribution in [0.3, 0.4) is 0 Å². The third kappa shape index (κ3) is 3.51. The first-order valence-corrected chi connectivity index (χ1v) is 6.04. The van der Waals surface area contributed by atoms with Crippen molar-refractivity contribution in [2.24, 2.45) is 11.8 Å². The Morgan fingerprint density at radius 1 is 1.38 bits per heavy atom. The van der Waals surface area contributed by atoms with Crippen LogP contribution in [0.5, 0.6) is 0 Å². The smallest absolute Gasteiger partial charge is 0.318 e. The Labute approximate surface area is 96.7 Å². The molecule has 1 N–H and O–H groups in total. The lowest BCUT2D eigenvalue weighted by Gasteiger charge is -2.15. The van der Waals surface area contributed by atoms with E-state index in [1.165, 1.54) is 32.8 Å². The first-order chi connectivity index (χ1) is 7.69. The van der Waals surface area contributed by atoms with Gasteiger partial charge in [0, 0.05) is 6.54 Å². The predicted octanol–water partition coefficient (Wildman–Crippen LogP) is 1.49. The maximum absolute atomic E-state index is 11.7. The molecular formula is C12H21NO3. The second-order valence-corrected chi connectivity index (χ2v) is 4.38. The van der Waals surface area contributed by atoms with Crippen LogP contribution in [0, 0.1) is 11.8 Å². The van der Waals surface area contributed by atoms with Crippen LogP contribution in [-0.4, -0.2) is 25.5 Å². The fourth-order valence-corrected chi connectivity index (χ4v) is 2.18. The van der Waals surface area contributed by atoms with Gasteiger partial charge in [-0.05, 0) is 25.2 Å². The highest BCUT2D eigenvalue weighted by Crippen LogP contribution is 2.23. The quantitative estimate of drug-likeness (QED) is 0.572. The summed E-state index contributed by atoms with van der Waals surface area (Å²) < 4.78 is 4.60. The van der Waals surface area contributed by atoms with Crippen LogP contribution in [0.4, 0.5) is 0 Å². The molecule has 0 aliphatic heterocycles. The van der Waals surface area contributed by atoms with Gasteiger partial charge in [0.15, 0.2) is 0 Å². The number of ether oxygens (including phenoxy) is 1. The normalized spacial score (nSPS) is 18.1. The molecule has 0 aromatic rings. The molecule has 0 saturated heterocycles. The van der Waals surface area contributed by atoms with E-state index in [1.54, 1.807) is 0 Å². The minimum atomic E-state index is -0.647. The van der Waals surface area contributed by atoms with E-state index in [1.807, 2.05) is 6.92 Å². The van der Waals surface area contributed by atoms with Crippen LogP contribution in [0.25, 0.3) is 0 Å². The van der Waals surface area contributed by atoms with Crippen molar-refractivity contribution in [3.8, 4) is 0 Å². The predicted molar refractivity (Wildman–Crippen MR) is 60.8 cm³/mol. The highest BCUT2D eigenvalue weighted by Gasteiger charge is 2.26. The molecule has 0 spiro atoms. The summed E-state index contributed by atoms with van der Waals surface area (Å²) in [6.45, 7) is 2.52. The summed E-state index contributed by atoms with van der Waals surface area (Å²) in [7, 11) is 1.31. The highest BCUT2D eigenvalue weighted by atomic mass is 16.5. The number of amides is 1. The summed E-state index contributed by atoms with van der Waals surface area (Å²) in [6, 6.07) is 0. The molecule has 0 aromatic carbocycles. The van der Waals surface area contributed by atoms with Gasteiger partial charge in [-0.15, -0.1) is 0 Å². The summed E-state index contributed by atoms with van der Waals surface area (Å²) >= 11 is 0. The number of rotatable bonds is 5. The van der Waals surface area contributed by atoms with Gasteiger partial charge in [0.2, 0.25) is 5.91 Å². The lowest BCUT2D eigenvalue weighted by molar-refractivity contribution is -0.150. The zero-order valence-electron chi connectivity index (χ0n) is 10.1. The van der Waals surface area contributed by atoms with E-state index in [4.69, 9.17) is 0 Å². The second-order valence-electron chi connectivity index (χ2n) is 4.38.